The molecule has 0 bridgehead atoms. The molecule has 0 aromatic carbocycles. The van der Waals surface area contributed by atoms with E-state index in [2.05, 4.69) is 22.1 Å². The molecule has 0 fully saturated rings. The van der Waals surface area contributed by atoms with Gasteiger partial charge in [-0.15, -0.1) is 0 Å². The summed E-state index contributed by atoms with van der Waals surface area (Å²) in [6, 6.07) is 0. The van der Waals surface area contributed by atoms with Crippen molar-refractivity contribution in [1.29, 1.82) is 0 Å². The maximum absolute atomic E-state index is 3.07. The fourth-order valence-corrected chi connectivity index (χ4v) is 0.412. The fourth-order valence-electron chi connectivity index (χ4n) is 0.221. The van der Waals surface area contributed by atoms with Crippen LogP contribution in [0.3, 0.4) is 0 Å². The summed E-state index contributed by atoms with van der Waals surface area (Å²) < 4.78 is 2.76. The monoisotopic (exact) mass is 209 g/mol. The fraction of sp³-hybridized carbons (Fsp3) is 0.600. The number of hydrogen-bond donors (Lipinski definition) is 1. The molecule has 0 saturated heterocycles. The number of nitrogens with one attached hydrogen (secondary N) is 1. The Morgan fingerprint density at radius 1 is 1.71 bits per heavy atom. The summed E-state index contributed by atoms with van der Waals surface area (Å²) in [7, 11) is 0. The average molecular weight is 209 g/mol. The maximum Gasteiger partial charge on any atom is 0.0584 e. The minimum absolute atomic E-state index is 0.819. The molecular weight excluding hydrogens is 201 g/mol. The molecule has 0 atom stereocenters. The third-order valence-electron chi connectivity index (χ3n) is 0.530. The standard InChI is InChI=1S/C5H8IN/c1-2-7-5-3-4-6/h7H,2,5H2,1H3. The van der Waals surface area contributed by atoms with E-state index in [1.54, 1.807) is 0 Å². The van der Waals surface area contributed by atoms with Crippen molar-refractivity contribution in [3.8, 4) is 9.85 Å². The summed E-state index contributed by atoms with van der Waals surface area (Å²) in [5.41, 5.74) is 0. The van der Waals surface area contributed by atoms with E-state index in [9.17, 15) is 0 Å². The Kier molecular flexibility index (Phi) is 6.47. The largest absolute Gasteiger partial charge is 0.306 e. The first-order valence-corrected chi connectivity index (χ1v) is 3.29. The maximum atomic E-state index is 3.07. The van der Waals surface area contributed by atoms with Crippen LogP contribution in [0.2, 0.25) is 0 Å². The summed E-state index contributed by atoms with van der Waals surface area (Å²) in [5.74, 6) is 2.87. The lowest BCUT2D eigenvalue weighted by Gasteiger charge is -1.86. The lowest BCUT2D eigenvalue weighted by molar-refractivity contribution is 0.811. The Hall–Kier alpha value is 0.250. The summed E-state index contributed by atoms with van der Waals surface area (Å²) in [5, 5.41) is 3.07. The predicted octanol–water partition coefficient (Wildman–Crippen LogP) is 0.992. The first-order valence-electron chi connectivity index (χ1n) is 2.21. The zero-order valence-electron chi connectivity index (χ0n) is 4.29. The van der Waals surface area contributed by atoms with Crippen LogP contribution < -0.4 is 5.32 Å². The van der Waals surface area contributed by atoms with Crippen LogP contribution >= 0.6 is 22.6 Å². The van der Waals surface area contributed by atoms with Crippen molar-refractivity contribution in [1.82, 2.24) is 5.32 Å². The van der Waals surface area contributed by atoms with Crippen molar-refractivity contribution < 1.29 is 0 Å². The molecule has 40 valence electrons. The van der Waals surface area contributed by atoms with Gasteiger partial charge in [-0.3, -0.25) is 0 Å². The number of rotatable bonds is 2. The van der Waals surface area contributed by atoms with Crippen molar-refractivity contribution in [2.45, 2.75) is 6.92 Å². The third-order valence-corrected chi connectivity index (χ3v) is 0.912. The molecule has 1 nitrogen and oxygen atoms in total. The van der Waals surface area contributed by atoms with Gasteiger partial charge in [0.15, 0.2) is 0 Å². The van der Waals surface area contributed by atoms with E-state index >= 15 is 0 Å². The highest BCUT2D eigenvalue weighted by molar-refractivity contribution is 14.1. The number of hydrogen-bond acceptors (Lipinski definition) is 1. The quantitative estimate of drug-likeness (QED) is 0.406. The van der Waals surface area contributed by atoms with Crippen molar-refractivity contribution in [2.75, 3.05) is 13.1 Å². The molecule has 0 aliphatic rings. The van der Waals surface area contributed by atoms with Gasteiger partial charge in [-0.25, -0.2) is 0 Å². The highest BCUT2D eigenvalue weighted by Gasteiger charge is 1.68. The van der Waals surface area contributed by atoms with Crippen LogP contribution in [0.15, 0.2) is 0 Å². The second-order valence-electron chi connectivity index (χ2n) is 1.05. The Morgan fingerprint density at radius 3 is 2.86 bits per heavy atom. The van der Waals surface area contributed by atoms with E-state index in [4.69, 9.17) is 0 Å². The summed E-state index contributed by atoms with van der Waals surface area (Å²) in [6.07, 6.45) is 0. The Morgan fingerprint density at radius 2 is 2.43 bits per heavy atom. The van der Waals surface area contributed by atoms with E-state index < -0.39 is 0 Å². The smallest absolute Gasteiger partial charge is 0.0584 e. The summed E-state index contributed by atoms with van der Waals surface area (Å²) in [4.78, 5) is 0. The molecule has 2 heteroatoms. The van der Waals surface area contributed by atoms with Crippen LogP contribution in [0.1, 0.15) is 6.92 Å². The highest BCUT2D eigenvalue weighted by atomic mass is 127. The third kappa shape index (κ3) is 6.25. The molecule has 0 aromatic heterocycles. The van der Waals surface area contributed by atoms with Gasteiger partial charge in [-0.05, 0) is 10.5 Å². The van der Waals surface area contributed by atoms with Crippen molar-refractivity contribution in [3.63, 3.8) is 0 Å². The van der Waals surface area contributed by atoms with E-state index in [0.29, 0.717) is 0 Å². The number of halogens is 1. The zero-order valence-corrected chi connectivity index (χ0v) is 6.45. The van der Waals surface area contributed by atoms with Crippen molar-refractivity contribution in [2.24, 2.45) is 0 Å². The van der Waals surface area contributed by atoms with Gasteiger partial charge in [-0.1, -0.05) is 12.8 Å². The first-order chi connectivity index (χ1) is 3.41. The molecule has 0 radical (unpaired) electrons. The van der Waals surface area contributed by atoms with Gasteiger partial charge in [0.1, 0.15) is 0 Å². The highest BCUT2D eigenvalue weighted by Crippen LogP contribution is 1.67. The molecule has 0 unspecified atom stereocenters. The Bertz CT molecular complexity index is 79.8. The second kappa shape index (κ2) is 6.25. The van der Waals surface area contributed by atoms with E-state index in [1.807, 2.05) is 22.6 Å². The zero-order chi connectivity index (χ0) is 5.54. The molecule has 0 amide bonds. The van der Waals surface area contributed by atoms with Gasteiger partial charge >= 0.3 is 0 Å². The van der Waals surface area contributed by atoms with Crippen molar-refractivity contribution in [3.05, 3.63) is 0 Å². The van der Waals surface area contributed by atoms with Crippen molar-refractivity contribution >= 4 is 22.6 Å². The minimum Gasteiger partial charge on any atom is -0.306 e. The Labute approximate surface area is 58.0 Å². The van der Waals surface area contributed by atoms with Crippen LogP contribution in [0, 0.1) is 9.85 Å². The first kappa shape index (κ1) is 7.25. The van der Waals surface area contributed by atoms with E-state index in [-0.39, 0.29) is 0 Å². The van der Waals surface area contributed by atoms with Gasteiger partial charge < -0.3 is 5.32 Å². The molecular formula is C5H8IN. The molecule has 1 N–H and O–H groups in total. The Balaban J connectivity index is 2.78. The van der Waals surface area contributed by atoms with Gasteiger partial charge in [0.25, 0.3) is 0 Å². The van der Waals surface area contributed by atoms with E-state index in [1.165, 1.54) is 0 Å². The minimum atomic E-state index is 0.819. The molecule has 0 aliphatic carbocycles. The average Bonchev–Trinajstić information content (AvgIpc) is 1.69. The van der Waals surface area contributed by atoms with Crippen LogP contribution in [-0.4, -0.2) is 13.1 Å². The van der Waals surface area contributed by atoms with Crippen LogP contribution in [0.25, 0.3) is 0 Å². The molecule has 7 heavy (non-hydrogen) atoms. The molecule has 0 aliphatic heterocycles. The molecule has 0 aromatic rings. The van der Waals surface area contributed by atoms with Gasteiger partial charge in [0, 0.05) is 22.6 Å². The lowest BCUT2D eigenvalue weighted by atomic mass is 10.6. The summed E-state index contributed by atoms with van der Waals surface area (Å²) >= 11 is 2.03. The predicted molar refractivity (Wildman–Crippen MR) is 40.3 cm³/mol. The molecule has 0 saturated carbocycles. The van der Waals surface area contributed by atoms with Crippen LogP contribution in [0.5, 0.6) is 0 Å². The van der Waals surface area contributed by atoms with Gasteiger partial charge in [-0.2, -0.15) is 0 Å². The van der Waals surface area contributed by atoms with Gasteiger partial charge in [0.2, 0.25) is 0 Å². The topological polar surface area (TPSA) is 12.0 Å². The molecule has 0 rings (SSSR count). The van der Waals surface area contributed by atoms with Crippen LogP contribution in [0.4, 0.5) is 0 Å². The molecule has 0 spiro atoms. The van der Waals surface area contributed by atoms with Crippen LogP contribution in [-0.2, 0) is 0 Å². The SMILES string of the molecule is CCNCC#CI. The van der Waals surface area contributed by atoms with Gasteiger partial charge in [0.05, 0.1) is 6.54 Å². The van der Waals surface area contributed by atoms with E-state index in [0.717, 1.165) is 13.1 Å². The lowest BCUT2D eigenvalue weighted by Crippen LogP contribution is -2.11. The second-order valence-corrected chi connectivity index (χ2v) is 1.59. The normalized spacial score (nSPS) is 7.14. The summed E-state index contributed by atoms with van der Waals surface area (Å²) in [6.45, 7) is 3.89. The molecule has 0 heterocycles.